The van der Waals surface area contributed by atoms with E-state index in [0.717, 1.165) is 24.8 Å². The molecule has 0 saturated heterocycles. The highest BCUT2D eigenvalue weighted by Gasteiger charge is 2.29. The van der Waals surface area contributed by atoms with E-state index in [4.69, 9.17) is 16.3 Å². The number of aryl methyl sites for hydroxylation is 1. The first kappa shape index (κ1) is 15.6. The largest absolute Gasteiger partial charge is 0.411 e. The predicted molar refractivity (Wildman–Crippen MR) is 73.0 cm³/mol. The number of fused-ring (bicyclic) bond motifs is 1. The van der Waals surface area contributed by atoms with Crippen molar-refractivity contribution in [1.82, 2.24) is 0 Å². The molecule has 0 heterocycles. The molecule has 0 radical (unpaired) electrons. The van der Waals surface area contributed by atoms with Gasteiger partial charge in [-0.25, -0.2) is 0 Å². The van der Waals surface area contributed by atoms with Crippen molar-refractivity contribution in [1.29, 1.82) is 0 Å². The lowest BCUT2D eigenvalue weighted by molar-refractivity contribution is -0.174. The highest BCUT2D eigenvalue weighted by atomic mass is 35.5. The van der Waals surface area contributed by atoms with Crippen LogP contribution in [-0.4, -0.2) is 19.4 Å². The van der Waals surface area contributed by atoms with Crippen molar-refractivity contribution in [2.24, 2.45) is 5.92 Å². The van der Waals surface area contributed by atoms with Gasteiger partial charge in [0, 0.05) is 6.61 Å². The third-order valence-corrected chi connectivity index (χ3v) is 4.28. The summed E-state index contributed by atoms with van der Waals surface area (Å²) in [5.41, 5.74) is 2.37. The molecule has 1 aromatic carbocycles. The van der Waals surface area contributed by atoms with Crippen LogP contribution in [0.15, 0.2) is 24.3 Å². The summed E-state index contributed by atoms with van der Waals surface area (Å²) in [4.78, 5) is 0. The fourth-order valence-electron chi connectivity index (χ4n) is 2.70. The second-order valence-corrected chi connectivity index (χ2v) is 5.68. The van der Waals surface area contributed by atoms with Crippen LogP contribution in [0.25, 0.3) is 0 Å². The Bertz CT molecular complexity index is 433. The van der Waals surface area contributed by atoms with Gasteiger partial charge in [-0.15, -0.1) is 11.6 Å². The number of hydrogen-bond acceptors (Lipinski definition) is 1. The van der Waals surface area contributed by atoms with Crippen molar-refractivity contribution in [3.63, 3.8) is 0 Å². The lowest BCUT2D eigenvalue weighted by Gasteiger charge is -2.21. The molecule has 2 rings (SSSR count). The molecule has 0 amide bonds. The minimum atomic E-state index is -4.25. The van der Waals surface area contributed by atoms with E-state index >= 15 is 0 Å². The maximum Gasteiger partial charge on any atom is 0.411 e. The van der Waals surface area contributed by atoms with E-state index < -0.39 is 12.8 Å². The van der Waals surface area contributed by atoms with Gasteiger partial charge >= 0.3 is 6.18 Å². The van der Waals surface area contributed by atoms with Crippen LogP contribution in [-0.2, 0) is 11.2 Å². The molecule has 1 aromatic rings. The van der Waals surface area contributed by atoms with Crippen molar-refractivity contribution in [3.05, 3.63) is 35.4 Å². The van der Waals surface area contributed by atoms with Gasteiger partial charge in [-0.05, 0) is 42.7 Å². The zero-order chi connectivity index (χ0) is 14.6. The van der Waals surface area contributed by atoms with Crippen LogP contribution in [0.3, 0.4) is 0 Å². The Labute approximate surface area is 122 Å². The molecule has 0 bridgehead atoms. The number of alkyl halides is 4. The van der Waals surface area contributed by atoms with Crippen molar-refractivity contribution in [2.75, 3.05) is 13.2 Å². The van der Waals surface area contributed by atoms with E-state index in [9.17, 15) is 13.2 Å². The van der Waals surface area contributed by atoms with Crippen LogP contribution in [0.2, 0.25) is 0 Å². The highest BCUT2D eigenvalue weighted by molar-refractivity contribution is 6.21. The highest BCUT2D eigenvalue weighted by Crippen LogP contribution is 2.39. The second kappa shape index (κ2) is 6.81. The molecule has 0 aromatic heterocycles. The van der Waals surface area contributed by atoms with Crippen LogP contribution in [0.4, 0.5) is 13.2 Å². The molecule has 1 aliphatic carbocycles. The van der Waals surface area contributed by atoms with Gasteiger partial charge in [-0.1, -0.05) is 24.3 Å². The summed E-state index contributed by atoms with van der Waals surface area (Å²) in [6.45, 7) is -1.07. The van der Waals surface area contributed by atoms with Gasteiger partial charge in [-0.3, -0.25) is 0 Å². The Morgan fingerprint density at radius 2 is 2.00 bits per heavy atom. The molecule has 1 aliphatic rings. The molecule has 0 aliphatic heterocycles. The number of hydrogen-bond donors (Lipinski definition) is 0. The van der Waals surface area contributed by atoms with E-state index in [-0.39, 0.29) is 17.9 Å². The lowest BCUT2D eigenvalue weighted by Crippen LogP contribution is -2.19. The number of benzene rings is 1. The Hall–Kier alpha value is -0.740. The van der Waals surface area contributed by atoms with Gasteiger partial charge in [0.05, 0.1) is 5.38 Å². The van der Waals surface area contributed by atoms with Crippen molar-refractivity contribution >= 4 is 11.6 Å². The molecule has 0 saturated carbocycles. The fraction of sp³-hybridized carbons (Fsp3) is 0.600. The normalized spacial score (nSPS) is 23.2. The predicted octanol–water partition coefficient (Wildman–Crippen LogP) is 4.89. The average Bonchev–Trinajstić information content (AvgIpc) is 2.54. The Morgan fingerprint density at radius 1 is 1.25 bits per heavy atom. The molecule has 1 nitrogen and oxygen atoms in total. The first-order valence-electron chi connectivity index (χ1n) is 6.84. The first-order chi connectivity index (χ1) is 9.47. The van der Waals surface area contributed by atoms with Gasteiger partial charge in [-0.2, -0.15) is 13.2 Å². The van der Waals surface area contributed by atoms with Gasteiger partial charge in [0.1, 0.15) is 6.61 Å². The molecule has 2 unspecified atom stereocenters. The lowest BCUT2D eigenvalue weighted by atomic mass is 9.93. The summed E-state index contributed by atoms with van der Waals surface area (Å²) in [7, 11) is 0. The standard InChI is InChI=1S/C15H18ClF3O/c16-14-12(8-9-20-10-15(17,18)19)6-3-5-11-4-1-2-7-13(11)14/h1-2,4,7,12,14H,3,5-6,8-10H2. The summed E-state index contributed by atoms with van der Waals surface area (Å²) in [5.74, 6) is 0.175. The number of halogens is 4. The maximum atomic E-state index is 12.0. The third kappa shape index (κ3) is 4.38. The zero-order valence-electron chi connectivity index (χ0n) is 11.1. The van der Waals surface area contributed by atoms with Crippen molar-refractivity contribution < 1.29 is 17.9 Å². The summed E-state index contributed by atoms with van der Waals surface area (Å²) in [5, 5.41) is -0.136. The Balaban J connectivity index is 1.90. The van der Waals surface area contributed by atoms with E-state index in [1.54, 1.807) is 0 Å². The van der Waals surface area contributed by atoms with Gasteiger partial charge in [0.2, 0.25) is 0 Å². The molecular formula is C15H18ClF3O. The molecule has 0 fully saturated rings. The van der Waals surface area contributed by atoms with E-state index in [2.05, 4.69) is 6.07 Å². The van der Waals surface area contributed by atoms with Crippen molar-refractivity contribution in [3.8, 4) is 0 Å². The van der Waals surface area contributed by atoms with Gasteiger partial charge < -0.3 is 4.74 Å². The van der Waals surface area contributed by atoms with Gasteiger partial charge in [0.25, 0.3) is 0 Å². The van der Waals surface area contributed by atoms with Crippen LogP contribution < -0.4 is 0 Å². The number of ether oxygens (including phenoxy) is 1. The molecule has 0 N–H and O–H groups in total. The summed E-state index contributed by atoms with van der Waals surface area (Å²) in [6.07, 6.45) is -0.753. The molecule has 112 valence electrons. The molecular weight excluding hydrogens is 289 g/mol. The fourth-order valence-corrected chi connectivity index (χ4v) is 3.16. The number of rotatable bonds is 4. The quantitative estimate of drug-likeness (QED) is 0.437. The third-order valence-electron chi connectivity index (χ3n) is 3.69. The smallest absolute Gasteiger partial charge is 0.372 e. The van der Waals surface area contributed by atoms with Crippen LogP contribution in [0, 0.1) is 5.92 Å². The van der Waals surface area contributed by atoms with Crippen molar-refractivity contribution in [2.45, 2.75) is 37.2 Å². The first-order valence-corrected chi connectivity index (χ1v) is 7.27. The van der Waals surface area contributed by atoms with Crippen LogP contribution in [0.5, 0.6) is 0 Å². The Kier molecular flexibility index (Phi) is 5.33. The molecule has 20 heavy (non-hydrogen) atoms. The molecule has 2 atom stereocenters. The van der Waals surface area contributed by atoms with Crippen LogP contribution >= 0.6 is 11.6 Å². The summed E-state index contributed by atoms with van der Waals surface area (Å²) >= 11 is 6.51. The topological polar surface area (TPSA) is 9.23 Å². The Morgan fingerprint density at radius 3 is 2.75 bits per heavy atom. The minimum absolute atomic E-state index is 0.107. The molecule has 5 heteroatoms. The van der Waals surface area contributed by atoms with Gasteiger partial charge in [0.15, 0.2) is 0 Å². The van der Waals surface area contributed by atoms with E-state index in [0.29, 0.717) is 6.42 Å². The molecule has 0 spiro atoms. The minimum Gasteiger partial charge on any atom is -0.372 e. The van der Waals surface area contributed by atoms with E-state index in [1.807, 2.05) is 18.2 Å². The average molecular weight is 307 g/mol. The monoisotopic (exact) mass is 306 g/mol. The summed E-state index contributed by atoms with van der Waals surface area (Å²) < 4.78 is 40.7. The SMILES string of the molecule is FC(F)(F)COCCC1CCCc2ccccc2C1Cl. The van der Waals surface area contributed by atoms with E-state index in [1.165, 1.54) is 5.56 Å². The maximum absolute atomic E-state index is 12.0. The summed E-state index contributed by atoms with van der Waals surface area (Å²) in [6, 6.07) is 8.04. The van der Waals surface area contributed by atoms with Crippen LogP contribution in [0.1, 0.15) is 35.8 Å². The second-order valence-electron chi connectivity index (χ2n) is 5.21. The zero-order valence-corrected chi connectivity index (χ0v) is 11.9.